The number of benzene rings is 1. The average molecular weight is 193 g/mol. The molecule has 0 fully saturated rings. The van der Waals surface area contributed by atoms with E-state index in [0.29, 0.717) is 5.69 Å². The Morgan fingerprint density at radius 1 is 1.50 bits per heavy atom. The monoisotopic (exact) mass is 193 g/mol. The second-order valence-electron chi connectivity index (χ2n) is 2.11. The normalized spacial score (nSPS) is 7.50. The summed E-state index contributed by atoms with van der Waals surface area (Å²) >= 11 is 0. The van der Waals surface area contributed by atoms with Gasteiger partial charge in [-0.2, -0.15) is 4.99 Å². The molecule has 1 aromatic carbocycles. The first kappa shape index (κ1) is 11.9. The van der Waals surface area contributed by atoms with Gasteiger partial charge in [-0.3, -0.25) is 5.41 Å². The fourth-order valence-electron chi connectivity index (χ4n) is 0.555. The number of para-hydroxylation sites is 1. The third-order valence-electron chi connectivity index (χ3n) is 1.15. The van der Waals surface area contributed by atoms with E-state index in [2.05, 4.69) is 15.5 Å². The van der Waals surface area contributed by atoms with Gasteiger partial charge in [0, 0.05) is 0 Å². The Kier molecular flexibility index (Phi) is 6.37. The van der Waals surface area contributed by atoms with E-state index in [1.807, 2.05) is 18.2 Å². The summed E-state index contributed by atoms with van der Waals surface area (Å²) in [5.41, 5.74) is 5.30. The number of nitrogens with one attached hydrogen (secondary N) is 1. The second kappa shape index (κ2) is 7.52. The van der Waals surface area contributed by atoms with E-state index in [1.54, 1.807) is 12.1 Å². The number of nitrogens with zero attached hydrogens (tertiary/aromatic N) is 1. The first-order valence-corrected chi connectivity index (χ1v) is 3.71. The average Bonchev–Trinajstić information content (AvgIpc) is 2.21. The molecule has 14 heavy (non-hydrogen) atoms. The van der Waals surface area contributed by atoms with Gasteiger partial charge in [0.2, 0.25) is 6.08 Å². The van der Waals surface area contributed by atoms with Gasteiger partial charge in [-0.25, -0.2) is 4.79 Å². The van der Waals surface area contributed by atoms with Crippen LogP contribution in [0.4, 0.5) is 5.69 Å². The number of carbonyl (C=O) groups excluding carboxylic acids is 1. The highest BCUT2D eigenvalue weighted by Gasteiger charge is 1.80. The zero-order chi connectivity index (χ0) is 10.8. The van der Waals surface area contributed by atoms with Crippen LogP contribution >= 0.6 is 0 Å². The summed E-state index contributed by atoms with van der Waals surface area (Å²) in [6.07, 6.45) is 1.46. The van der Waals surface area contributed by atoms with Gasteiger partial charge in [-0.05, 0) is 12.1 Å². The number of rotatable bonds is 1. The SMILES string of the molecule is COC(=N)N.O=C=Nc1ccccc1. The van der Waals surface area contributed by atoms with Crippen LogP contribution in [0.25, 0.3) is 0 Å². The van der Waals surface area contributed by atoms with Crippen LogP contribution in [0.3, 0.4) is 0 Å². The number of hydrogen-bond donors (Lipinski definition) is 2. The van der Waals surface area contributed by atoms with Crippen molar-refractivity contribution in [3.05, 3.63) is 30.3 Å². The number of methoxy groups -OCH3 is 1. The van der Waals surface area contributed by atoms with Crippen molar-refractivity contribution in [3.8, 4) is 0 Å². The van der Waals surface area contributed by atoms with Crippen molar-refractivity contribution < 1.29 is 9.53 Å². The van der Waals surface area contributed by atoms with Crippen molar-refractivity contribution in [1.29, 1.82) is 5.41 Å². The third kappa shape index (κ3) is 6.57. The van der Waals surface area contributed by atoms with Gasteiger partial charge in [0.25, 0.3) is 6.02 Å². The molecule has 0 bridgehead atoms. The molecule has 0 aliphatic carbocycles. The zero-order valence-electron chi connectivity index (χ0n) is 7.73. The fraction of sp³-hybridized carbons (Fsp3) is 0.111. The van der Waals surface area contributed by atoms with Crippen molar-refractivity contribution in [3.63, 3.8) is 0 Å². The molecular formula is C9H11N3O2. The maximum Gasteiger partial charge on any atom is 0.278 e. The Hall–Kier alpha value is -2.13. The predicted molar refractivity (Wildman–Crippen MR) is 53.1 cm³/mol. The van der Waals surface area contributed by atoms with Gasteiger partial charge < -0.3 is 10.5 Å². The Bertz CT molecular complexity index is 318. The molecule has 5 heteroatoms. The molecule has 0 saturated heterocycles. The van der Waals surface area contributed by atoms with Crippen LogP contribution in [0.15, 0.2) is 35.3 Å². The predicted octanol–water partition coefficient (Wildman–Crippen LogP) is 1.18. The highest BCUT2D eigenvalue weighted by atomic mass is 16.5. The second-order valence-corrected chi connectivity index (χ2v) is 2.11. The number of hydrogen-bond acceptors (Lipinski definition) is 4. The summed E-state index contributed by atoms with van der Waals surface area (Å²) in [5, 5.41) is 6.30. The van der Waals surface area contributed by atoms with Crippen LogP contribution in [0.2, 0.25) is 0 Å². The molecule has 0 radical (unpaired) electrons. The van der Waals surface area contributed by atoms with Crippen LogP contribution < -0.4 is 5.73 Å². The van der Waals surface area contributed by atoms with Crippen LogP contribution in [0.1, 0.15) is 0 Å². The summed E-state index contributed by atoms with van der Waals surface area (Å²) in [7, 11) is 1.35. The van der Waals surface area contributed by atoms with Gasteiger partial charge in [0.15, 0.2) is 0 Å². The van der Waals surface area contributed by atoms with E-state index in [1.165, 1.54) is 13.2 Å². The minimum absolute atomic E-state index is 0.245. The molecule has 0 aliphatic heterocycles. The summed E-state index contributed by atoms with van der Waals surface area (Å²) in [5.74, 6) is 0. The van der Waals surface area contributed by atoms with E-state index < -0.39 is 0 Å². The molecule has 0 aliphatic rings. The number of amidine groups is 1. The van der Waals surface area contributed by atoms with Crippen molar-refractivity contribution in [2.75, 3.05) is 7.11 Å². The van der Waals surface area contributed by atoms with Crippen molar-refractivity contribution >= 4 is 17.8 Å². The van der Waals surface area contributed by atoms with Crippen LogP contribution in [-0.4, -0.2) is 19.2 Å². The topological polar surface area (TPSA) is 88.5 Å². The number of nitrogens with two attached hydrogens (primary N) is 1. The summed E-state index contributed by atoms with van der Waals surface area (Å²) in [4.78, 5) is 13.1. The molecule has 0 atom stereocenters. The Balaban J connectivity index is 0.000000292. The van der Waals surface area contributed by atoms with Gasteiger partial charge >= 0.3 is 0 Å². The summed E-state index contributed by atoms with van der Waals surface area (Å²) in [6.45, 7) is 0. The van der Waals surface area contributed by atoms with E-state index in [4.69, 9.17) is 5.41 Å². The summed E-state index contributed by atoms with van der Waals surface area (Å²) < 4.78 is 4.11. The van der Waals surface area contributed by atoms with Crippen LogP contribution in [0.5, 0.6) is 0 Å². The molecule has 1 aromatic rings. The van der Waals surface area contributed by atoms with Gasteiger partial charge in [-0.15, -0.1) is 0 Å². The van der Waals surface area contributed by atoms with Gasteiger partial charge in [0.05, 0.1) is 12.8 Å². The minimum atomic E-state index is -0.245. The lowest BCUT2D eigenvalue weighted by Crippen LogP contribution is -2.10. The van der Waals surface area contributed by atoms with E-state index in [-0.39, 0.29) is 6.02 Å². The number of isocyanates is 1. The molecule has 0 heterocycles. The summed E-state index contributed by atoms with van der Waals surface area (Å²) in [6, 6.07) is 8.73. The molecule has 3 N–H and O–H groups in total. The molecule has 5 nitrogen and oxygen atoms in total. The van der Waals surface area contributed by atoms with Crippen LogP contribution in [-0.2, 0) is 9.53 Å². The Morgan fingerprint density at radius 2 is 2.00 bits per heavy atom. The quantitative estimate of drug-likeness (QED) is 0.398. The van der Waals surface area contributed by atoms with Crippen molar-refractivity contribution in [2.45, 2.75) is 0 Å². The van der Waals surface area contributed by atoms with E-state index in [9.17, 15) is 4.79 Å². The standard InChI is InChI=1S/C7H5NO.C2H6N2O/c9-6-8-7-4-2-1-3-5-7;1-5-2(3)4/h1-5H;1H3,(H3,3,4). The molecule has 74 valence electrons. The maximum absolute atomic E-state index is 9.68. The fourth-order valence-corrected chi connectivity index (χ4v) is 0.555. The highest BCUT2D eigenvalue weighted by Crippen LogP contribution is 2.06. The molecule has 0 spiro atoms. The third-order valence-corrected chi connectivity index (χ3v) is 1.15. The van der Waals surface area contributed by atoms with Crippen molar-refractivity contribution in [1.82, 2.24) is 0 Å². The molecule has 1 rings (SSSR count). The molecular weight excluding hydrogens is 182 g/mol. The lowest BCUT2D eigenvalue weighted by atomic mass is 10.3. The first-order chi connectivity index (χ1) is 6.70. The van der Waals surface area contributed by atoms with Crippen molar-refractivity contribution in [2.24, 2.45) is 10.7 Å². The number of ether oxygens (including phenoxy) is 1. The van der Waals surface area contributed by atoms with Gasteiger partial charge in [0.1, 0.15) is 0 Å². The zero-order valence-corrected chi connectivity index (χ0v) is 7.73. The molecule has 0 amide bonds. The lowest BCUT2D eigenvalue weighted by molar-refractivity contribution is 0.393. The largest absolute Gasteiger partial charge is 0.469 e. The smallest absolute Gasteiger partial charge is 0.278 e. The maximum atomic E-state index is 9.68. The minimum Gasteiger partial charge on any atom is -0.469 e. The highest BCUT2D eigenvalue weighted by molar-refractivity contribution is 5.67. The molecule has 0 aromatic heterocycles. The Morgan fingerprint density at radius 3 is 2.36 bits per heavy atom. The number of aliphatic imine (C=N–C) groups is 1. The van der Waals surface area contributed by atoms with Gasteiger partial charge in [-0.1, -0.05) is 18.2 Å². The molecule has 0 saturated carbocycles. The lowest BCUT2D eigenvalue weighted by Gasteiger charge is -1.85. The van der Waals surface area contributed by atoms with E-state index >= 15 is 0 Å². The molecule has 0 unspecified atom stereocenters. The first-order valence-electron chi connectivity index (χ1n) is 3.71. The Labute approximate surface area is 81.7 Å². The van der Waals surface area contributed by atoms with Crippen LogP contribution in [0, 0.1) is 5.41 Å². The van der Waals surface area contributed by atoms with E-state index in [0.717, 1.165) is 0 Å².